The van der Waals surface area contributed by atoms with Gasteiger partial charge in [0.25, 0.3) is 0 Å². The predicted molar refractivity (Wildman–Crippen MR) is 38.4 cm³/mol. The molecule has 0 atom stereocenters. The summed E-state index contributed by atoms with van der Waals surface area (Å²) in [6, 6.07) is 10.2. The second-order valence-corrected chi connectivity index (χ2v) is 3.09. The standard InChI is InChI=1S/C7H7O.Pb.H/c8-6-7-4-2-1-3-5-7;;/h1-5H,6H2;;/q-1;+1;. The van der Waals surface area contributed by atoms with Crippen LogP contribution < -0.4 is 0 Å². The van der Waals surface area contributed by atoms with Crippen LogP contribution in [0.2, 0.25) is 0 Å². The summed E-state index contributed by atoms with van der Waals surface area (Å²) in [7, 11) is 0. The number of rotatable bonds is 2. The van der Waals surface area contributed by atoms with Crippen molar-refractivity contribution in [2.24, 2.45) is 0 Å². The monoisotopic (exact) mass is 316 g/mol. The van der Waals surface area contributed by atoms with Crippen LogP contribution in [-0.2, 0) is 9.29 Å². The van der Waals surface area contributed by atoms with E-state index in [0.29, 0.717) is 26.2 Å². The van der Waals surface area contributed by atoms with E-state index in [4.69, 9.17) is 2.69 Å². The predicted octanol–water partition coefficient (Wildman–Crippen LogP) is 1.02. The zero-order valence-electron chi connectivity index (χ0n) is 5.08. The minimum atomic E-state index is 0.648. The summed E-state index contributed by atoms with van der Waals surface area (Å²) in [6.07, 6.45) is 0. The zero-order chi connectivity index (χ0) is 6.53. The van der Waals surface area contributed by atoms with E-state index in [1.807, 2.05) is 18.2 Å². The normalized spacial score (nSPS) is 9.44. The quantitative estimate of drug-likeness (QED) is 0.741. The molecule has 2 radical (unpaired) electrons. The molecule has 2 heteroatoms. The average Bonchev–Trinajstić information content (AvgIpc) is 1.91. The Kier molecular flexibility index (Phi) is 3.21. The van der Waals surface area contributed by atoms with Crippen molar-refractivity contribution in [3.05, 3.63) is 35.9 Å². The molecule has 0 spiro atoms. The van der Waals surface area contributed by atoms with E-state index in [1.165, 1.54) is 5.56 Å². The molecule has 1 nitrogen and oxygen atoms in total. The molecule has 0 fully saturated rings. The van der Waals surface area contributed by atoms with Crippen molar-refractivity contribution in [2.75, 3.05) is 0 Å². The minimum absolute atomic E-state index is 0.648. The molecule has 0 aromatic heterocycles. The van der Waals surface area contributed by atoms with Crippen molar-refractivity contribution in [1.82, 2.24) is 0 Å². The van der Waals surface area contributed by atoms with E-state index in [2.05, 4.69) is 12.1 Å². The van der Waals surface area contributed by atoms with Gasteiger partial charge in [0.1, 0.15) is 0 Å². The molecule has 9 heavy (non-hydrogen) atoms. The molecular weight excluding hydrogens is 307 g/mol. The number of hydrogen-bond acceptors (Lipinski definition) is 1. The van der Waals surface area contributed by atoms with Crippen LogP contribution in [0.3, 0.4) is 0 Å². The van der Waals surface area contributed by atoms with Crippen molar-refractivity contribution in [2.45, 2.75) is 6.61 Å². The van der Waals surface area contributed by atoms with E-state index in [-0.39, 0.29) is 0 Å². The van der Waals surface area contributed by atoms with Crippen molar-refractivity contribution in [3.8, 4) is 0 Å². The first-order valence-electron chi connectivity index (χ1n) is 2.79. The van der Waals surface area contributed by atoms with E-state index < -0.39 is 0 Å². The van der Waals surface area contributed by atoms with Crippen molar-refractivity contribution in [3.63, 3.8) is 0 Å². The van der Waals surface area contributed by atoms with Crippen molar-refractivity contribution < 1.29 is 2.69 Å². The van der Waals surface area contributed by atoms with Crippen LogP contribution in [0.4, 0.5) is 0 Å². The molecule has 1 aromatic rings. The van der Waals surface area contributed by atoms with E-state index >= 15 is 0 Å². The van der Waals surface area contributed by atoms with Gasteiger partial charge in [0.15, 0.2) is 0 Å². The third kappa shape index (κ3) is 2.45. The Morgan fingerprint density at radius 3 is 2.44 bits per heavy atom. The van der Waals surface area contributed by atoms with Gasteiger partial charge in [-0.15, -0.1) is 0 Å². The summed E-state index contributed by atoms with van der Waals surface area (Å²) in [5, 5.41) is 0. The summed E-state index contributed by atoms with van der Waals surface area (Å²) in [5.41, 5.74) is 1.26. The van der Waals surface area contributed by atoms with Gasteiger partial charge in [-0.25, -0.2) is 0 Å². The number of hydrogen-bond donors (Lipinski definition) is 0. The second-order valence-electron chi connectivity index (χ2n) is 1.80. The summed E-state index contributed by atoms with van der Waals surface area (Å²) < 4.78 is 5.09. The van der Waals surface area contributed by atoms with Crippen molar-refractivity contribution >= 4 is 26.2 Å². The molecule has 0 unspecified atom stereocenters. The summed E-state index contributed by atoms with van der Waals surface area (Å²) in [6.45, 7) is 0.783. The maximum atomic E-state index is 5.09. The van der Waals surface area contributed by atoms with Gasteiger partial charge in [-0.1, -0.05) is 0 Å². The van der Waals surface area contributed by atoms with Crippen LogP contribution in [0.15, 0.2) is 30.3 Å². The molecule has 0 aliphatic rings. The Morgan fingerprint density at radius 2 is 1.89 bits per heavy atom. The molecule has 1 rings (SSSR count). The van der Waals surface area contributed by atoms with Gasteiger partial charge in [0.2, 0.25) is 0 Å². The van der Waals surface area contributed by atoms with E-state index in [1.54, 1.807) is 0 Å². The van der Waals surface area contributed by atoms with Gasteiger partial charge in [-0.2, -0.15) is 0 Å². The van der Waals surface area contributed by atoms with Crippen LogP contribution in [0.5, 0.6) is 0 Å². The Bertz CT molecular complexity index is 162. The Balaban J connectivity index is 2.61. The van der Waals surface area contributed by atoms with Gasteiger partial charge in [-0.3, -0.25) is 0 Å². The molecule has 0 amide bonds. The Morgan fingerprint density at radius 1 is 1.22 bits per heavy atom. The van der Waals surface area contributed by atoms with Gasteiger partial charge in [0.05, 0.1) is 0 Å². The van der Waals surface area contributed by atoms with Crippen LogP contribution in [0, 0.1) is 0 Å². The van der Waals surface area contributed by atoms with Gasteiger partial charge in [-0.05, 0) is 0 Å². The van der Waals surface area contributed by atoms with Crippen LogP contribution >= 0.6 is 0 Å². The zero-order valence-corrected chi connectivity index (χ0v) is 9.57. The third-order valence-electron chi connectivity index (χ3n) is 1.09. The molecule has 0 bridgehead atoms. The van der Waals surface area contributed by atoms with Gasteiger partial charge < -0.3 is 0 Å². The Hall–Kier alpha value is 0.102. The van der Waals surface area contributed by atoms with E-state index in [9.17, 15) is 0 Å². The fraction of sp³-hybridized carbons (Fsp3) is 0.143. The molecule has 46 valence electrons. The second kappa shape index (κ2) is 4.00. The van der Waals surface area contributed by atoms with Gasteiger partial charge >= 0.3 is 71.4 Å². The fourth-order valence-electron chi connectivity index (χ4n) is 0.670. The summed E-state index contributed by atoms with van der Waals surface area (Å²) in [5.74, 6) is 0. The summed E-state index contributed by atoms with van der Waals surface area (Å²) >= 11 is 0.648. The first kappa shape index (κ1) is 7.21. The summed E-state index contributed by atoms with van der Waals surface area (Å²) in [4.78, 5) is 0. The molecule has 0 N–H and O–H groups in total. The first-order valence-corrected chi connectivity index (χ1v) is 4.62. The molecular formula is C7H8OPb. The fourth-order valence-corrected chi connectivity index (χ4v) is 1.42. The average molecular weight is 315 g/mol. The van der Waals surface area contributed by atoms with E-state index in [0.717, 1.165) is 6.61 Å². The molecule has 0 aliphatic carbocycles. The SMILES string of the molecule is [PbH][O]Cc1ccccc1. The van der Waals surface area contributed by atoms with Crippen LogP contribution in [0.1, 0.15) is 5.56 Å². The Labute approximate surface area is 71.4 Å². The van der Waals surface area contributed by atoms with Crippen LogP contribution in [-0.4, -0.2) is 26.2 Å². The first-order chi connectivity index (χ1) is 4.43. The maximum absolute atomic E-state index is 5.09. The molecule has 0 saturated heterocycles. The van der Waals surface area contributed by atoms with Gasteiger partial charge in [0, 0.05) is 0 Å². The number of benzene rings is 1. The topological polar surface area (TPSA) is 9.23 Å². The molecule has 0 heterocycles. The molecule has 1 aromatic carbocycles. The molecule has 0 aliphatic heterocycles. The molecule has 0 saturated carbocycles. The van der Waals surface area contributed by atoms with Crippen molar-refractivity contribution in [1.29, 1.82) is 0 Å². The third-order valence-corrected chi connectivity index (χ3v) is 1.74. The van der Waals surface area contributed by atoms with Crippen LogP contribution in [0.25, 0.3) is 0 Å².